The summed E-state index contributed by atoms with van der Waals surface area (Å²) in [5.41, 5.74) is 0.399. The lowest BCUT2D eigenvalue weighted by atomic mass is 9.74. The van der Waals surface area contributed by atoms with Gasteiger partial charge in [-0.2, -0.15) is 0 Å². The smallest absolute Gasteiger partial charge is 0.329 e. The third-order valence-corrected chi connectivity index (χ3v) is 5.28. The zero-order valence-corrected chi connectivity index (χ0v) is 14.5. The third kappa shape index (κ3) is 3.06. The van der Waals surface area contributed by atoms with Gasteiger partial charge in [-0.15, -0.1) is 0 Å². The second-order valence-corrected chi connectivity index (χ2v) is 7.02. The number of carbonyl (C=O) groups excluding carboxylic acids is 1. The van der Waals surface area contributed by atoms with E-state index in [2.05, 4.69) is 5.32 Å². The predicted molar refractivity (Wildman–Crippen MR) is 93.3 cm³/mol. The van der Waals surface area contributed by atoms with Crippen molar-refractivity contribution in [2.24, 2.45) is 13.0 Å². The number of hydrogen-bond acceptors (Lipinski definition) is 3. The first-order chi connectivity index (χ1) is 11.8. The van der Waals surface area contributed by atoms with Crippen molar-refractivity contribution in [2.75, 3.05) is 0 Å². The summed E-state index contributed by atoms with van der Waals surface area (Å²) in [5.74, 6) is -1.83. The molecule has 1 amide bonds. The number of rotatable bonds is 4. The van der Waals surface area contributed by atoms with Crippen LogP contribution in [0, 0.1) is 5.92 Å². The molecule has 2 aromatic rings. The van der Waals surface area contributed by atoms with E-state index in [0.717, 1.165) is 18.4 Å². The van der Waals surface area contributed by atoms with E-state index in [1.54, 1.807) is 20.0 Å². The number of fused-ring (bicyclic) bond motifs is 1. The van der Waals surface area contributed by atoms with Crippen LogP contribution in [0.15, 0.2) is 29.1 Å². The van der Waals surface area contributed by atoms with Gasteiger partial charge in [0.05, 0.1) is 22.5 Å². The van der Waals surface area contributed by atoms with Crippen LogP contribution in [-0.2, 0) is 23.2 Å². The Morgan fingerprint density at radius 3 is 2.64 bits per heavy atom. The normalized spacial score (nSPS) is 23.5. The number of amides is 1. The van der Waals surface area contributed by atoms with Crippen molar-refractivity contribution in [1.82, 2.24) is 14.5 Å². The third-order valence-electron chi connectivity index (χ3n) is 5.28. The van der Waals surface area contributed by atoms with E-state index < -0.39 is 17.4 Å². The van der Waals surface area contributed by atoms with Crippen molar-refractivity contribution < 1.29 is 14.7 Å². The van der Waals surface area contributed by atoms with Crippen LogP contribution in [0.4, 0.5) is 0 Å². The maximum Gasteiger partial charge on any atom is 0.329 e. The maximum atomic E-state index is 12.6. The zero-order valence-electron chi connectivity index (χ0n) is 14.5. The monoisotopic (exact) mass is 345 g/mol. The molecule has 0 aliphatic heterocycles. The second kappa shape index (κ2) is 6.38. The molecule has 0 spiro atoms. The average Bonchev–Trinajstić information content (AvgIpc) is 2.80. The van der Waals surface area contributed by atoms with Gasteiger partial charge >= 0.3 is 11.7 Å². The number of hydrogen-bond donors (Lipinski definition) is 2. The minimum absolute atomic E-state index is 0.123. The zero-order chi connectivity index (χ0) is 18.2. The Morgan fingerprint density at radius 2 is 1.96 bits per heavy atom. The predicted octanol–water partition coefficient (Wildman–Crippen LogP) is 1.49. The fourth-order valence-corrected chi connectivity index (χ4v) is 3.90. The maximum absolute atomic E-state index is 12.6. The molecule has 2 atom stereocenters. The molecule has 0 bridgehead atoms. The van der Waals surface area contributed by atoms with Crippen LogP contribution in [0.2, 0.25) is 0 Å². The van der Waals surface area contributed by atoms with Crippen molar-refractivity contribution in [3.8, 4) is 0 Å². The standard InChI is InChI=1S/C18H23N3O4/c1-18(10-6-5-7-12(18)16(23)24)19-15(22)11-21-14-9-4-3-8-13(14)20(2)17(21)25/h3-4,8-9,12H,5-7,10-11H2,1-2H3,(H,19,22)(H,23,24)/t12-,18+/m1/s1. The van der Waals surface area contributed by atoms with E-state index in [1.165, 1.54) is 9.13 Å². The highest BCUT2D eigenvalue weighted by atomic mass is 16.4. The number of carbonyl (C=O) groups is 2. The SMILES string of the molecule is Cn1c(=O)n(CC(=O)N[C@@]2(C)CCCC[C@@H]2C(=O)O)c2ccccc21. The number of nitrogens with zero attached hydrogens (tertiary/aromatic N) is 2. The molecule has 1 aliphatic rings. The summed E-state index contributed by atoms with van der Waals surface area (Å²) in [6, 6.07) is 7.28. The van der Waals surface area contributed by atoms with Crippen molar-refractivity contribution in [3.05, 3.63) is 34.7 Å². The first kappa shape index (κ1) is 17.3. The van der Waals surface area contributed by atoms with E-state index in [9.17, 15) is 19.5 Å². The molecule has 3 rings (SSSR count). The molecule has 0 saturated heterocycles. The molecule has 1 fully saturated rings. The first-order valence-electron chi connectivity index (χ1n) is 8.51. The molecule has 2 N–H and O–H groups in total. The molecule has 134 valence electrons. The Bertz CT molecular complexity index is 882. The Kier molecular flexibility index (Phi) is 4.41. The molecule has 1 heterocycles. The number of imidazole rings is 1. The second-order valence-electron chi connectivity index (χ2n) is 7.02. The summed E-state index contributed by atoms with van der Waals surface area (Å²) >= 11 is 0. The molecule has 1 saturated carbocycles. The molecule has 7 heteroatoms. The number of benzene rings is 1. The average molecular weight is 345 g/mol. The van der Waals surface area contributed by atoms with Crippen LogP contribution in [0.1, 0.15) is 32.6 Å². The van der Waals surface area contributed by atoms with Crippen molar-refractivity contribution in [2.45, 2.75) is 44.7 Å². The number of para-hydroxylation sites is 2. The van der Waals surface area contributed by atoms with Crippen LogP contribution < -0.4 is 11.0 Å². The highest BCUT2D eigenvalue weighted by Gasteiger charge is 2.42. The lowest BCUT2D eigenvalue weighted by molar-refractivity contribution is -0.146. The number of aliphatic carboxylic acids is 1. The summed E-state index contributed by atoms with van der Waals surface area (Å²) in [7, 11) is 1.67. The van der Waals surface area contributed by atoms with Crippen LogP contribution in [-0.4, -0.2) is 31.7 Å². The van der Waals surface area contributed by atoms with E-state index in [1.807, 2.05) is 18.2 Å². The van der Waals surface area contributed by atoms with E-state index in [4.69, 9.17) is 0 Å². The van der Waals surface area contributed by atoms with Gasteiger partial charge in [-0.3, -0.25) is 18.7 Å². The largest absolute Gasteiger partial charge is 0.481 e. The Hall–Kier alpha value is -2.57. The summed E-state index contributed by atoms with van der Waals surface area (Å²) in [6.45, 7) is 1.66. The van der Waals surface area contributed by atoms with Gasteiger partial charge in [-0.1, -0.05) is 25.0 Å². The number of aryl methyl sites for hydroxylation is 1. The van der Waals surface area contributed by atoms with Crippen molar-refractivity contribution in [1.29, 1.82) is 0 Å². The minimum atomic E-state index is -0.884. The minimum Gasteiger partial charge on any atom is -0.481 e. The van der Waals surface area contributed by atoms with Gasteiger partial charge in [-0.05, 0) is 31.9 Å². The Labute approximate surface area is 145 Å². The fraction of sp³-hybridized carbons (Fsp3) is 0.500. The van der Waals surface area contributed by atoms with Crippen LogP contribution in [0.5, 0.6) is 0 Å². The van der Waals surface area contributed by atoms with Gasteiger partial charge in [0.2, 0.25) is 5.91 Å². The van der Waals surface area contributed by atoms with Crippen LogP contribution >= 0.6 is 0 Å². The Balaban J connectivity index is 1.85. The summed E-state index contributed by atoms with van der Waals surface area (Å²) < 4.78 is 2.93. The quantitative estimate of drug-likeness (QED) is 0.878. The van der Waals surface area contributed by atoms with E-state index >= 15 is 0 Å². The van der Waals surface area contributed by atoms with Gasteiger partial charge in [0.15, 0.2) is 0 Å². The van der Waals surface area contributed by atoms with Crippen molar-refractivity contribution in [3.63, 3.8) is 0 Å². The summed E-state index contributed by atoms with van der Waals surface area (Å²) in [5, 5.41) is 12.3. The van der Waals surface area contributed by atoms with Gasteiger partial charge in [0, 0.05) is 7.05 Å². The molecule has 0 radical (unpaired) electrons. The lowest BCUT2D eigenvalue weighted by Gasteiger charge is -2.39. The van der Waals surface area contributed by atoms with Gasteiger partial charge in [-0.25, -0.2) is 4.79 Å². The van der Waals surface area contributed by atoms with Crippen LogP contribution in [0.25, 0.3) is 11.0 Å². The number of carboxylic acids is 1. The molecular weight excluding hydrogens is 322 g/mol. The van der Waals surface area contributed by atoms with E-state index in [0.29, 0.717) is 18.4 Å². The van der Waals surface area contributed by atoms with Gasteiger partial charge in [0.25, 0.3) is 0 Å². The Morgan fingerprint density at radius 1 is 1.28 bits per heavy atom. The molecule has 0 unspecified atom stereocenters. The lowest BCUT2D eigenvalue weighted by Crippen LogP contribution is -2.56. The highest BCUT2D eigenvalue weighted by molar-refractivity contribution is 5.82. The molecule has 1 aromatic heterocycles. The van der Waals surface area contributed by atoms with E-state index in [-0.39, 0.29) is 18.1 Å². The first-order valence-corrected chi connectivity index (χ1v) is 8.51. The number of carboxylic acid groups (broad SMARTS) is 1. The molecule has 1 aromatic carbocycles. The number of aromatic nitrogens is 2. The van der Waals surface area contributed by atoms with Crippen LogP contribution in [0.3, 0.4) is 0 Å². The topological polar surface area (TPSA) is 93.3 Å². The highest BCUT2D eigenvalue weighted by Crippen LogP contribution is 2.33. The summed E-state index contributed by atoms with van der Waals surface area (Å²) in [6.07, 6.45) is 2.92. The van der Waals surface area contributed by atoms with Gasteiger partial charge < -0.3 is 10.4 Å². The molecule has 7 nitrogen and oxygen atoms in total. The molecule has 25 heavy (non-hydrogen) atoms. The molecular formula is C18H23N3O4. The fourth-order valence-electron chi connectivity index (χ4n) is 3.90. The molecule has 1 aliphatic carbocycles. The van der Waals surface area contributed by atoms with Crippen molar-refractivity contribution >= 4 is 22.9 Å². The summed E-state index contributed by atoms with van der Waals surface area (Å²) in [4.78, 5) is 36.5. The number of nitrogens with one attached hydrogen (secondary N) is 1. The van der Waals surface area contributed by atoms with Gasteiger partial charge in [0.1, 0.15) is 6.54 Å².